The van der Waals surface area contributed by atoms with Crippen LogP contribution in [0.5, 0.6) is 5.75 Å². The van der Waals surface area contributed by atoms with Gasteiger partial charge in [0.1, 0.15) is 11.4 Å². The SMILES string of the molecule is COc1ccccc1C(C)CN=C(N)N1CCN(C(=O)OC(C)(C)C)CC1. The molecule has 2 N–H and O–H groups in total. The van der Waals surface area contributed by atoms with Gasteiger partial charge in [-0.2, -0.15) is 0 Å². The number of hydrogen-bond donors (Lipinski definition) is 1. The molecule has 0 radical (unpaired) electrons. The minimum absolute atomic E-state index is 0.197. The first-order chi connectivity index (χ1) is 12.7. The van der Waals surface area contributed by atoms with Gasteiger partial charge in [-0.25, -0.2) is 4.79 Å². The highest BCUT2D eigenvalue weighted by atomic mass is 16.6. The van der Waals surface area contributed by atoms with Gasteiger partial charge in [0.2, 0.25) is 0 Å². The van der Waals surface area contributed by atoms with Gasteiger partial charge in [0.05, 0.1) is 7.11 Å². The molecule has 1 aromatic rings. The Balaban J connectivity index is 1.88. The zero-order valence-electron chi connectivity index (χ0n) is 17.1. The van der Waals surface area contributed by atoms with Crippen LogP contribution < -0.4 is 10.5 Å². The molecule has 1 unspecified atom stereocenters. The van der Waals surface area contributed by atoms with Gasteiger partial charge in [0.15, 0.2) is 5.96 Å². The Morgan fingerprint density at radius 2 is 1.78 bits per heavy atom. The molecule has 7 heteroatoms. The van der Waals surface area contributed by atoms with Gasteiger partial charge < -0.3 is 25.0 Å². The Morgan fingerprint density at radius 3 is 2.37 bits per heavy atom. The number of piperazine rings is 1. The van der Waals surface area contributed by atoms with E-state index in [9.17, 15) is 4.79 Å². The molecule has 7 nitrogen and oxygen atoms in total. The maximum absolute atomic E-state index is 12.1. The smallest absolute Gasteiger partial charge is 0.410 e. The molecule has 0 bridgehead atoms. The minimum atomic E-state index is -0.483. The highest BCUT2D eigenvalue weighted by Crippen LogP contribution is 2.26. The van der Waals surface area contributed by atoms with Crippen molar-refractivity contribution in [2.24, 2.45) is 10.7 Å². The number of amides is 1. The number of hydrogen-bond acceptors (Lipinski definition) is 4. The molecule has 1 aliphatic heterocycles. The first kappa shape index (κ1) is 20.9. The number of nitrogens with zero attached hydrogens (tertiary/aromatic N) is 3. The molecule has 1 atom stereocenters. The number of carbonyl (C=O) groups excluding carboxylic acids is 1. The molecule has 1 saturated heterocycles. The Labute approximate surface area is 162 Å². The number of methoxy groups -OCH3 is 1. The molecule has 0 aromatic heterocycles. The molecule has 2 rings (SSSR count). The number of aliphatic imine (C=N–C) groups is 1. The van der Waals surface area contributed by atoms with E-state index in [-0.39, 0.29) is 12.0 Å². The van der Waals surface area contributed by atoms with E-state index < -0.39 is 5.60 Å². The third kappa shape index (κ3) is 6.05. The molecule has 0 spiro atoms. The molecule has 150 valence electrons. The number of nitrogens with two attached hydrogens (primary N) is 1. The van der Waals surface area contributed by atoms with E-state index in [0.717, 1.165) is 11.3 Å². The summed E-state index contributed by atoms with van der Waals surface area (Å²) >= 11 is 0. The first-order valence-corrected chi connectivity index (χ1v) is 9.37. The van der Waals surface area contributed by atoms with Crippen LogP contribution in [0.1, 0.15) is 39.2 Å². The summed E-state index contributed by atoms with van der Waals surface area (Å²) in [6.45, 7) is 10.8. The van der Waals surface area contributed by atoms with Crippen molar-refractivity contribution in [3.63, 3.8) is 0 Å². The molecular weight excluding hydrogens is 344 g/mol. The van der Waals surface area contributed by atoms with Crippen LogP contribution in [0.15, 0.2) is 29.3 Å². The Hall–Kier alpha value is -2.44. The summed E-state index contributed by atoms with van der Waals surface area (Å²) in [5.74, 6) is 1.58. The molecule has 1 aromatic carbocycles. The third-order valence-corrected chi connectivity index (χ3v) is 4.45. The Kier molecular flexibility index (Phi) is 6.93. The molecule has 1 amide bonds. The summed E-state index contributed by atoms with van der Waals surface area (Å²) in [6.07, 6.45) is -0.276. The van der Waals surface area contributed by atoms with Crippen LogP contribution >= 0.6 is 0 Å². The summed E-state index contributed by atoms with van der Waals surface area (Å²) in [5.41, 5.74) is 6.81. The highest BCUT2D eigenvalue weighted by Gasteiger charge is 2.26. The van der Waals surface area contributed by atoms with Gasteiger partial charge >= 0.3 is 6.09 Å². The van der Waals surface area contributed by atoms with Crippen molar-refractivity contribution in [2.75, 3.05) is 39.8 Å². The van der Waals surface area contributed by atoms with E-state index in [2.05, 4.69) is 18.0 Å². The summed E-state index contributed by atoms with van der Waals surface area (Å²) in [5, 5.41) is 0. The molecule has 0 saturated carbocycles. The zero-order chi connectivity index (χ0) is 20.0. The second kappa shape index (κ2) is 8.97. The standard InChI is InChI=1S/C20H32N4O3/c1-15(16-8-6-7-9-17(16)26-5)14-22-18(21)23-10-12-24(13-11-23)19(25)27-20(2,3)4/h6-9,15H,10-14H2,1-5H3,(H2,21,22). The van der Waals surface area contributed by atoms with Crippen LogP contribution in [0.3, 0.4) is 0 Å². The van der Waals surface area contributed by atoms with Gasteiger partial charge in [0.25, 0.3) is 0 Å². The van der Waals surface area contributed by atoms with E-state index in [1.54, 1.807) is 12.0 Å². The number of para-hydroxylation sites is 1. The number of carbonyl (C=O) groups is 1. The normalized spacial score (nSPS) is 16.9. The maximum atomic E-state index is 12.1. The fourth-order valence-corrected chi connectivity index (χ4v) is 2.95. The van der Waals surface area contributed by atoms with Gasteiger partial charge in [-0.15, -0.1) is 0 Å². The fourth-order valence-electron chi connectivity index (χ4n) is 2.95. The van der Waals surface area contributed by atoms with E-state index in [1.807, 2.05) is 43.9 Å². The van der Waals surface area contributed by atoms with Crippen LogP contribution in [0.25, 0.3) is 0 Å². The lowest BCUT2D eigenvalue weighted by atomic mass is 10.0. The zero-order valence-corrected chi connectivity index (χ0v) is 17.1. The number of ether oxygens (including phenoxy) is 2. The highest BCUT2D eigenvalue weighted by molar-refractivity contribution is 5.78. The summed E-state index contributed by atoms with van der Waals surface area (Å²) < 4.78 is 10.8. The van der Waals surface area contributed by atoms with E-state index in [4.69, 9.17) is 15.2 Å². The molecular formula is C20H32N4O3. The maximum Gasteiger partial charge on any atom is 0.410 e. The molecule has 1 aliphatic rings. The lowest BCUT2D eigenvalue weighted by Gasteiger charge is -2.36. The lowest BCUT2D eigenvalue weighted by molar-refractivity contribution is 0.0186. The molecule has 0 aliphatic carbocycles. The number of benzene rings is 1. The Morgan fingerprint density at radius 1 is 1.19 bits per heavy atom. The second-order valence-electron chi connectivity index (χ2n) is 7.80. The predicted octanol–water partition coefficient (Wildman–Crippen LogP) is 2.67. The third-order valence-electron chi connectivity index (χ3n) is 4.45. The van der Waals surface area contributed by atoms with Gasteiger partial charge in [-0.3, -0.25) is 4.99 Å². The molecule has 27 heavy (non-hydrogen) atoms. The van der Waals surface area contributed by atoms with Gasteiger partial charge in [-0.1, -0.05) is 25.1 Å². The number of guanidine groups is 1. The predicted molar refractivity (Wildman–Crippen MR) is 107 cm³/mol. The average molecular weight is 377 g/mol. The molecule has 1 fully saturated rings. The lowest BCUT2D eigenvalue weighted by Crippen LogP contribution is -2.53. The van der Waals surface area contributed by atoms with Crippen molar-refractivity contribution in [3.8, 4) is 5.75 Å². The fraction of sp³-hybridized carbons (Fsp3) is 0.600. The minimum Gasteiger partial charge on any atom is -0.496 e. The van der Waals surface area contributed by atoms with Crippen LogP contribution in [-0.4, -0.2) is 67.3 Å². The van der Waals surface area contributed by atoms with E-state index in [0.29, 0.717) is 38.7 Å². The topological polar surface area (TPSA) is 80.4 Å². The number of rotatable bonds is 4. The molecule has 1 heterocycles. The van der Waals surface area contributed by atoms with Gasteiger partial charge in [0, 0.05) is 38.6 Å². The monoisotopic (exact) mass is 376 g/mol. The van der Waals surface area contributed by atoms with Crippen molar-refractivity contribution < 1.29 is 14.3 Å². The summed E-state index contributed by atoms with van der Waals surface area (Å²) in [6, 6.07) is 7.96. The summed E-state index contributed by atoms with van der Waals surface area (Å²) in [4.78, 5) is 20.4. The van der Waals surface area contributed by atoms with Crippen LogP contribution in [0.2, 0.25) is 0 Å². The van der Waals surface area contributed by atoms with Crippen LogP contribution in [0.4, 0.5) is 4.79 Å². The van der Waals surface area contributed by atoms with Crippen LogP contribution in [-0.2, 0) is 4.74 Å². The second-order valence-corrected chi connectivity index (χ2v) is 7.80. The van der Waals surface area contributed by atoms with Crippen molar-refractivity contribution in [1.82, 2.24) is 9.80 Å². The van der Waals surface area contributed by atoms with E-state index in [1.165, 1.54) is 0 Å². The van der Waals surface area contributed by atoms with E-state index >= 15 is 0 Å². The Bertz CT molecular complexity index is 661. The van der Waals surface area contributed by atoms with Gasteiger partial charge in [-0.05, 0) is 32.4 Å². The first-order valence-electron chi connectivity index (χ1n) is 9.37. The average Bonchev–Trinajstić information content (AvgIpc) is 2.64. The van der Waals surface area contributed by atoms with Crippen LogP contribution in [0, 0.1) is 0 Å². The van der Waals surface area contributed by atoms with Crippen molar-refractivity contribution >= 4 is 12.1 Å². The largest absolute Gasteiger partial charge is 0.496 e. The van der Waals surface area contributed by atoms with Crippen molar-refractivity contribution in [1.29, 1.82) is 0 Å². The van der Waals surface area contributed by atoms with Crippen molar-refractivity contribution in [2.45, 2.75) is 39.2 Å². The quantitative estimate of drug-likeness (QED) is 0.645. The van der Waals surface area contributed by atoms with Crippen molar-refractivity contribution in [3.05, 3.63) is 29.8 Å². The summed E-state index contributed by atoms with van der Waals surface area (Å²) in [7, 11) is 1.67.